The molecule has 0 bridgehead atoms. The first-order chi connectivity index (χ1) is 13.1. The summed E-state index contributed by atoms with van der Waals surface area (Å²) in [5, 5.41) is 15.5. The number of nitrogens with zero attached hydrogens (tertiary/aromatic N) is 3. The third kappa shape index (κ3) is 3.99. The van der Waals surface area contributed by atoms with Crippen molar-refractivity contribution in [2.45, 2.75) is 32.2 Å². The summed E-state index contributed by atoms with van der Waals surface area (Å²) < 4.78 is 5.40. The molecular formula is C18H25N5O3S. The van der Waals surface area contributed by atoms with Crippen LogP contribution < -0.4 is 15.8 Å². The Balaban J connectivity index is 1.70. The summed E-state index contributed by atoms with van der Waals surface area (Å²) in [6.45, 7) is 4.78. The van der Waals surface area contributed by atoms with Gasteiger partial charge in [-0.2, -0.15) is 4.98 Å². The molecule has 3 N–H and O–H groups in total. The average molecular weight is 391 g/mol. The van der Waals surface area contributed by atoms with Gasteiger partial charge in [0.15, 0.2) is 0 Å². The number of aromatic amines is 1. The number of aryl methyl sites for hydroxylation is 1. The summed E-state index contributed by atoms with van der Waals surface area (Å²) in [5.74, 6) is 1.46. The van der Waals surface area contributed by atoms with Crippen LogP contribution >= 0.6 is 11.3 Å². The van der Waals surface area contributed by atoms with E-state index in [4.69, 9.17) is 9.72 Å². The van der Waals surface area contributed by atoms with Crippen LogP contribution in [0.4, 0.5) is 11.8 Å². The number of hydrogen-bond donors (Lipinski definition) is 3. The van der Waals surface area contributed by atoms with E-state index >= 15 is 0 Å². The van der Waals surface area contributed by atoms with Gasteiger partial charge in [0, 0.05) is 36.8 Å². The van der Waals surface area contributed by atoms with E-state index in [1.54, 1.807) is 0 Å². The van der Waals surface area contributed by atoms with E-state index in [1.165, 1.54) is 11.3 Å². The van der Waals surface area contributed by atoms with Crippen molar-refractivity contribution in [3.05, 3.63) is 21.4 Å². The lowest BCUT2D eigenvalue weighted by molar-refractivity contribution is 0.122. The zero-order chi connectivity index (χ0) is 18.8. The molecule has 2 unspecified atom stereocenters. The summed E-state index contributed by atoms with van der Waals surface area (Å²) in [6, 6.07) is 0.203. The van der Waals surface area contributed by atoms with Gasteiger partial charge in [-0.25, -0.2) is 4.98 Å². The fourth-order valence-corrected chi connectivity index (χ4v) is 4.56. The van der Waals surface area contributed by atoms with Gasteiger partial charge < -0.3 is 20.1 Å². The van der Waals surface area contributed by atoms with E-state index in [2.05, 4.69) is 15.3 Å². The molecular weight excluding hydrogens is 366 g/mol. The van der Waals surface area contributed by atoms with Crippen LogP contribution in [0.3, 0.4) is 0 Å². The van der Waals surface area contributed by atoms with E-state index in [1.807, 2.05) is 17.2 Å². The molecule has 2 aromatic rings. The predicted molar refractivity (Wildman–Crippen MR) is 106 cm³/mol. The van der Waals surface area contributed by atoms with Crippen LogP contribution in [0.5, 0.6) is 0 Å². The molecule has 9 heteroatoms. The highest BCUT2D eigenvalue weighted by Crippen LogP contribution is 2.32. The van der Waals surface area contributed by atoms with Crippen molar-refractivity contribution >= 4 is 23.1 Å². The maximum Gasteiger partial charge on any atom is 0.264 e. The molecule has 146 valence electrons. The first kappa shape index (κ1) is 18.4. The van der Waals surface area contributed by atoms with Crippen LogP contribution in [0.1, 0.15) is 25.0 Å². The molecule has 1 aliphatic carbocycles. The third-order valence-corrected chi connectivity index (χ3v) is 6.17. The van der Waals surface area contributed by atoms with E-state index in [-0.39, 0.29) is 18.2 Å². The lowest BCUT2D eigenvalue weighted by Crippen LogP contribution is -2.38. The van der Waals surface area contributed by atoms with Gasteiger partial charge in [-0.15, -0.1) is 11.3 Å². The predicted octanol–water partition coefficient (Wildman–Crippen LogP) is 1.61. The minimum absolute atomic E-state index is 0.181. The Hall–Kier alpha value is -1.97. The van der Waals surface area contributed by atoms with Crippen LogP contribution in [-0.2, 0) is 4.74 Å². The van der Waals surface area contributed by atoms with E-state index in [0.29, 0.717) is 54.6 Å². The number of H-pyrrole nitrogens is 1. The van der Waals surface area contributed by atoms with Crippen LogP contribution in [0.15, 0.2) is 10.2 Å². The summed E-state index contributed by atoms with van der Waals surface area (Å²) in [6.07, 6.45) is 2.83. The highest BCUT2D eigenvalue weighted by Gasteiger charge is 2.27. The van der Waals surface area contributed by atoms with Gasteiger partial charge in [0.05, 0.1) is 13.2 Å². The van der Waals surface area contributed by atoms with Gasteiger partial charge in [0.2, 0.25) is 5.95 Å². The summed E-state index contributed by atoms with van der Waals surface area (Å²) in [4.78, 5) is 27.2. The first-order valence-electron chi connectivity index (χ1n) is 9.41. The molecule has 0 radical (unpaired) electrons. The monoisotopic (exact) mass is 391 g/mol. The van der Waals surface area contributed by atoms with Gasteiger partial charge in [-0.3, -0.25) is 9.78 Å². The van der Waals surface area contributed by atoms with Crippen molar-refractivity contribution in [3.8, 4) is 10.6 Å². The molecule has 2 aliphatic rings. The minimum Gasteiger partial charge on any atom is -0.396 e. The Morgan fingerprint density at radius 2 is 2.19 bits per heavy atom. The molecule has 3 heterocycles. The summed E-state index contributed by atoms with van der Waals surface area (Å²) in [7, 11) is 0. The number of rotatable bonds is 5. The maximum atomic E-state index is 12.9. The molecule has 8 nitrogen and oxygen atoms in total. The lowest BCUT2D eigenvalue weighted by Gasteiger charge is -2.28. The van der Waals surface area contributed by atoms with Crippen molar-refractivity contribution < 1.29 is 9.84 Å². The molecule has 2 fully saturated rings. The average Bonchev–Trinajstić information content (AvgIpc) is 3.31. The van der Waals surface area contributed by atoms with Gasteiger partial charge >= 0.3 is 0 Å². The van der Waals surface area contributed by atoms with Crippen molar-refractivity contribution in [2.24, 2.45) is 5.92 Å². The van der Waals surface area contributed by atoms with E-state index in [0.717, 1.165) is 25.0 Å². The van der Waals surface area contributed by atoms with Gasteiger partial charge in [-0.05, 0) is 32.1 Å². The van der Waals surface area contributed by atoms with Gasteiger partial charge in [0.25, 0.3) is 5.56 Å². The highest BCUT2D eigenvalue weighted by atomic mass is 32.1. The molecule has 2 atom stereocenters. The molecule has 0 amide bonds. The van der Waals surface area contributed by atoms with E-state index < -0.39 is 0 Å². The lowest BCUT2D eigenvalue weighted by atomic mass is 10.1. The smallest absolute Gasteiger partial charge is 0.264 e. The molecule has 1 saturated carbocycles. The second-order valence-electron chi connectivity index (χ2n) is 7.21. The maximum absolute atomic E-state index is 12.9. The van der Waals surface area contributed by atoms with Crippen LogP contribution in [0, 0.1) is 12.8 Å². The SMILES string of the molecule is Cc1csc(-c2c(NC3CCC(CO)C3)nc(N3CCOCC3)[nH]c2=O)n1. The Bertz CT molecular complexity index is 846. The number of aromatic nitrogens is 3. The normalized spacial score (nSPS) is 23.0. The van der Waals surface area contributed by atoms with Crippen LogP contribution in [-0.4, -0.2) is 59.0 Å². The zero-order valence-electron chi connectivity index (χ0n) is 15.4. The number of hydrogen-bond acceptors (Lipinski definition) is 8. The number of anilines is 2. The highest BCUT2D eigenvalue weighted by molar-refractivity contribution is 7.13. The molecule has 0 aromatic carbocycles. The van der Waals surface area contributed by atoms with Crippen molar-refractivity contribution in [1.29, 1.82) is 0 Å². The Morgan fingerprint density at radius 1 is 1.37 bits per heavy atom. The number of thiazole rings is 1. The van der Waals surface area contributed by atoms with Crippen LogP contribution in [0.2, 0.25) is 0 Å². The zero-order valence-corrected chi connectivity index (χ0v) is 16.2. The van der Waals surface area contributed by atoms with Gasteiger partial charge in [0.1, 0.15) is 16.4 Å². The Labute approximate surface area is 161 Å². The van der Waals surface area contributed by atoms with Crippen molar-refractivity contribution in [1.82, 2.24) is 15.0 Å². The largest absolute Gasteiger partial charge is 0.396 e. The molecule has 2 aromatic heterocycles. The fraction of sp³-hybridized carbons (Fsp3) is 0.611. The first-order valence-corrected chi connectivity index (χ1v) is 10.3. The molecule has 27 heavy (non-hydrogen) atoms. The summed E-state index contributed by atoms with van der Waals surface area (Å²) in [5.41, 5.74) is 1.21. The number of aliphatic hydroxyl groups is 1. The third-order valence-electron chi connectivity index (χ3n) is 5.19. The standard InChI is InChI=1S/C18H25N5O3S/c1-11-10-27-17(19-11)14-15(20-13-3-2-12(8-13)9-24)21-18(22-16(14)25)23-4-6-26-7-5-23/h10,12-13,24H,2-9H2,1H3,(H2,20,21,22,25). The van der Waals surface area contributed by atoms with E-state index in [9.17, 15) is 9.90 Å². The summed E-state index contributed by atoms with van der Waals surface area (Å²) >= 11 is 1.45. The topological polar surface area (TPSA) is 103 Å². The second-order valence-corrected chi connectivity index (χ2v) is 8.07. The minimum atomic E-state index is -0.181. The number of morpholine rings is 1. The Kier molecular flexibility index (Phi) is 5.42. The number of aliphatic hydroxyl groups excluding tert-OH is 1. The van der Waals surface area contributed by atoms with Crippen molar-refractivity contribution in [3.63, 3.8) is 0 Å². The molecule has 4 rings (SSSR count). The molecule has 0 spiro atoms. The van der Waals surface area contributed by atoms with Gasteiger partial charge in [-0.1, -0.05) is 0 Å². The fourth-order valence-electron chi connectivity index (χ4n) is 3.72. The van der Waals surface area contributed by atoms with Crippen molar-refractivity contribution in [2.75, 3.05) is 43.1 Å². The van der Waals surface area contributed by atoms with Crippen LogP contribution in [0.25, 0.3) is 10.6 Å². The number of ether oxygens (including phenoxy) is 1. The quantitative estimate of drug-likeness (QED) is 0.711. The molecule has 1 saturated heterocycles. The number of nitrogens with one attached hydrogen (secondary N) is 2. The Morgan fingerprint density at radius 3 is 2.85 bits per heavy atom. The molecule has 1 aliphatic heterocycles. The second kappa shape index (κ2) is 7.95.